The second kappa shape index (κ2) is 4.94. The van der Waals surface area contributed by atoms with Gasteiger partial charge in [0.1, 0.15) is 0 Å². The number of hydrogen-bond acceptors (Lipinski definition) is 2. The van der Waals surface area contributed by atoms with Crippen molar-refractivity contribution in [3.8, 4) is 0 Å². The first kappa shape index (κ1) is 10.9. The van der Waals surface area contributed by atoms with E-state index in [2.05, 4.69) is 47.7 Å². The third kappa shape index (κ3) is 2.14. The minimum Gasteiger partial charge on any atom is -0.305 e. The summed E-state index contributed by atoms with van der Waals surface area (Å²) in [5, 5.41) is 7.70. The molecule has 1 atom stereocenters. The topological polar surface area (TPSA) is 29.9 Å². The number of rotatable bonds is 4. The first-order valence-electron chi connectivity index (χ1n) is 5.59. The summed E-state index contributed by atoms with van der Waals surface area (Å²) in [5.41, 5.74) is 2.46. The summed E-state index contributed by atoms with van der Waals surface area (Å²) in [6.07, 6.45) is 1.84. The lowest BCUT2D eigenvalue weighted by molar-refractivity contribution is 0.573. The summed E-state index contributed by atoms with van der Waals surface area (Å²) in [4.78, 5) is 0. The highest BCUT2D eigenvalue weighted by atomic mass is 15.3. The Morgan fingerprint density at radius 3 is 2.56 bits per heavy atom. The zero-order chi connectivity index (χ0) is 11.4. The number of benzene rings is 1. The summed E-state index contributed by atoms with van der Waals surface area (Å²) in [5.74, 6) is 0. The Kier molecular flexibility index (Phi) is 3.37. The fourth-order valence-corrected chi connectivity index (χ4v) is 1.91. The number of hydrogen-bond donors (Lipinski definition) is 1. The second-order valence-electron chi connectivity index (χ2n) is 3.78. The molecule has 0 aliphatic rings. The van der Waals surface area contributed by atoms with Gasteiger partial charge in [-0.3, -0.25) is 4.68 Å². The van der Waals surface area contributed by atoms with E-state index in [0.717, 1.165) is 6.54 Å². The van der Waals surface area contributed by atoms with Gasteiger partial charge in [0.25, 0.3) is 0 Å². The van der Waals surface area contributed by atoms with Gasteiger partial charge in [0.15, 0.2) is 0 Å². The van der Waals surface area contributed by atoms with Crippen molar-refractivity contribution >= 4 is 0 Å². The summed E-state index contributed by atoms with van der Waals surface area (Å²) in [6, 6.07) is 12.7. The Morgan fingerprint density at radius 2 is 2.00 bits per heavy atom. The Labute approximate surface area is 96.1 Å². The molecular formula is C13H17N3. The van der Waals surface area contributed by atoms with Gasteiger partial charge in [0, 0.05) is 13.2 Å². The summed E-state index contributed by atoms with van der Waals surface area (Å²) >= 11 is 0. The molecule has 0 aliphatic carbocycles. The molecule has 0 spiro atoms. The number of nitrogens with one attached hydrogen (secondary N) is 1. The maximum atomic E-state index is 4.22. The van der Waals surface area contributed by atoms with Crippen LogP contribution in [-0.4, -0.2) is 16.3 Å². The molecule has 2 rings (SSSR count). The zero-order valence-electron chi connectivity index (χ0n) is 9.72. The normalized spacial score (nSPS) is 12.6. The summed E-state index contributed by atoms with van der Waals surface area (Å²) < 4.78 is 1.92. The Hall–Kier alpha value is -1.61. The van der Waals surface area contributed by atoms with Crippen LogP contribution in [0, 0.1) is 0 Å². The lowest BCUT2D eigenvalue weighted by atomic mass is 10.0. The first-order valence-corrected chi connectivity index (χ1v) is 5.59. The SMILES string of the molecule is CCNC(c1ccccc1)c1ccnn1C. The predicted molar refractivity (Wildman–Crippen MR) is 65.2 cm³/mol. The van der Waals surface area contributed by atoms with E-state index in [-0.39, 0.29) is 6.04 Å². The molecule has 84 valence electrons. The lowest BCUT2D eigenvalue weighted by Gasteiger charge is -2.18. The molecule has 0 bridgehead atoms. The average Bonchev–Trinajstić information content (AvgIpc) is 2.73. The Balaban J connectivity index is 2.35. The van der Waals surface area contributed by atoms with E-state index in [1.165, 1.54) is 11.3 Å². The van der Waals surface area contributed by atoms with Crippen molar-refractivity contribution in [2.75, 3.05) is 6.54 Å². The highest BCUT2D eigenvalue weighted by molar-refractivity contribution is 5.27. The second-order valence-corrected chi connectivity index (χ2v) is 3.78. The van der Waals surface area contributed by atoms with Gasteiger partial charge >= 0.3 is 0 Å². The quantitative estimate of drug-likeness (QED) is 0.846. The fourth-order valence-electron chi connectivity index (χ4n) is 1.91. The third-order valence-corrected chi connectivity index (χ3v) is 2.70. The smallest absolute Gasteiger partial charge is 0.0748 e. The van der Waals surface area contributed by atoms with Crippen LogP contribution in [0.5, 0.6) is 0 Å². The molecule has 0 saturated carbocycles. The van der Waals surface area contributed by atoms with Crippen LogP contribution in [0.15, 0.2) is 42.6 Å². The van der Waals surface area contributed by atoms with Crippen molar-refractivity contribution in [2.24, 2.45) is 7.05 Å². The molecule has 3 nitrogen and oxygen atoms in total. The van der Waals surface area contributed by atoms with E-state index in [0.29, 0.717) is 0 Å². The summed E-state index contributed by atoms with van der Waals surface area (Å²) in [7, 11) is 1.97. The Morgan fingerprint density at radius 1 is 1.25 bits per heavy atom. The van der Waals surface area contributed by atoms with E-state index in [1.54, 1.807) is 0 Å². The molecular weight excluding hydrogens is 198 g/mol. The lowest BCUT2D eigenvalue weighted by Crippen LogP contribution is -2.24. The molecule has 0 aliphatic heterocycles. The van der Waals surface area contributed by atoms with Crippen molar-refractivity contribution in [3.63, 3.8) is 0 Å². The van der Waals surface area contributed by atoms with Crippen LogP contribution in [0.25, 0.3) is 0 Å². The van der Waals surface area contributed by atoms with Gasteiger partial charge in [0.2, 0.25) is 0 Å². The van der Waals surface area contributed by atoms with Gasteiger partial charge in [-0.1, -0.05) is 37.3 Å². The number of nitrogens with zero attached hydrogens (tertiary/aromatic N) is 2. The molecule has 1 N–H and O–H groups in total. The van der Waals surface area contributed by atoms with E-state index in [9.17, 15) is 0 Å². The number of aryl methyl sites for hydroxylation is 1. The monoisotopic (exact) mass is 215 g/mol. The third-order valence-electron chi connectivity index (χ3n) is 2.70. The molecule has 0 radical (unpaired) electrons. The minimum atomic E-state index is 0.221. The van der Waals surface area contributed by atoms with Crippen molar-refractivity contribution in [1.82, 2.24) is 15.1 Å². The molecule has 16 heavy (non-hydrogen) atoms. The van der Waals surface area contributed by atoms with Crippen LogP contribution in [0.1, 0.15) is 24.2 Å². The standard InChI is InChI=1S/C13H17N3/c1-3-14-13(11-7-5-4-6-8-11)12-9-10-15-16(12)2/h4-10,13-14H,3H2,1-2H3. The average molecular weight is 215 g/mol. The van der Waals surface area contributed by atoms with Gasteiger partial charge in [-0.2, -0.15) is 5.10 Å². The van der Waals surface area contributed by atoms with Crippen molar-refractivity contribution in [3.05, 3.63) is 53.9 Å². The van der Waals surface area contributed by atoms with Crippen LogP contribution >= 0.6 is 0 Å². The van der Waals surface area contributed by atoms with Gasteiger partial charge in [-0.25, -0.2) is 0 Å². The van der Waals surface area contributed by atoms with E-state index >= 15 is 0 Å². The van der Waals surface area contributed by atoms with Crippen molar-refractivity contribution in [1.29, 1.82) is 0 Å². The van der Waals surface area contributed by atoms with Crippen molar-refractivity contribution < 1.29 is 0 Å². The molecule has 2 aromatic rings. The molecule has 0 amide bonds. The summed E-state index contributed by atoms with van der Waals surface area (Å²) in [6.45, 7) is 3.05. The highest BCUT2D eigenvalue weighted by Gasteiger charge is 2.15. The van der Waals surface area contributed by atoms with Crippen LogP contribution < -0.4 is 5.32 Å². The van der Waals surface area contributed by atoms with E-state index < -0.39 is 0 Å². The molecule has 1 aromatic carbocycles. The van der Waals surface area contributed by atoms with Gasteiger partial charge in [-0.15, -0.1) is 0 Å². The highest BCUT2D eigenvalue weighted by Crippen LogP contribution is 2.20. The predicted octanol–water partition coefficient (Wildman–Crippen LogP) is 2.12. The first-order chi connectivity index (χ1) is 7.83. The van der Waals surface area contributed by atoms with Crippen LogP contribution in [0.2, 0.25) is 0 Å². The molecule has 1 aromatic heterocycles. The van der Waals surface area contributed by atoms with Crippen molar-refractivity contribution in [2.45, 2.75) is 13.0 Å². The van der Waals surface area contributed by atoms with Crippen LogP contribution in [0.3, 0.4) is 0 Å². The fraction of sp³-hybridized carbons (Fsp3) is 0.308. The molecule has 1 unspecified atom stereocenters. The van der Waals surface area contributed by atoms with Crippen LogP contribution in [0.4, 0.5) is 0 Å². The zero-order valence-corrected chi connectivity index (χ0v) is 9.72. The molecule has 0 fully saturated rings. The van der Waals surface area contributed by atoms with Gasteiger partial charge in [-0.05, 0) is 18.2 Å². The Bertz CT molecular complexity index is 433. The molecule has 0 saturated heterocycles. The molecule has 1 heterocycles. The number of aromatic nitrogens is 2. The maximum absolute atomic E-state index is 4.22. The van der Waals surface area contributed by atoms with Crippen LogP contribution in [-0.2, 0) is 7.05 Å². The largest absolute Gasteiger partial charge is 0.305 e. The minimum absolute atomic E-state index is 0.221. The van der Waals surface area contributed by atoms with E-state index in [4.69, 9.17) is 0 Å². The van der Waals surface area contributed by atoms with Gasteiger partial charge < -0.3 is 5.32 Å². The molecule has 3 heteroatoms. The van der Waals surface area contributed by atoms with Gasteiger partial charge in [0.05, 0.1) is 11.7 Å². The maximum Gasteiger partial charge on any atom is 0.0748 e. The van der Waals surface area contributed by atoms with E-state index in [1.807, 2.05) is 24.0 Å².